The van der Waals surface area contributed by atoms with E-state index in [1.165, 1.54) is 6.07 Å². The maximum absolute atomic E-state index is 12.2. The number of pyridine rings is 1. The van der Waals surface area contributed by atoms with Crippen molar-refractivity contribution < 1.29 is 17.9 Å². The monoisotopic (exact) mass is 268 g/mol. The smallest absolute Gasteiger partial charge is 0.417 e. The summed E-state index contributed by atoms with van der Waals surface area (Å²) in [6.45, 7) is 1.58. The second-order valence-corrected chi connectivity index (χ2v) is 3.62. The molecule has 0 bridgehead atoms. The summed E-state index contributed by atoms with van der Waals surface area (Å²) >= 11 is 0. The molecule has 1 N–H and O–H groups in total. The summed E-state index contributed by atoms with van der Waals surface area (Å²) in [6, 6.07) is 2.23. The van der Waals surface area contributed by atoms with E-state index in [4.69, 9.17) is 4.74 Å². The predicted octanol–water partition coefficient (Wildman–Crippen LogP) is 2.26. The van der Waals surface area contributed by atoms with Gasteiger partial charge in [0, 0.05) is 18.8 Å². The minimum atomic E-state index is -4.35. The van der Waals surface area contributed by atoms with Crippen molar-refractivity contribution in [2.75, 3.05) is 13.1 Å². The second kappa shape index (κ2) is 5.55. The molecule has 3 nitrogen and oxygen atoms in total. The topological polar surface area (TPSA) is 34.1 Å². The minimum absolute atomic E-state index is 0. The number of alkyl halides is 3. The van der Waals surface area contributed by atoms with Crippen molar-refractivity contribution in [2.24, 2.45) is 0 Å². The Balaban J connectivity index is 0.00000144. The molecular weight excluding hydrogens is 257 g/mol. The van der Waals surface area contributed by atoms with Crippen LogP contribution in [0.25, 0.3) is 0 Å². The molecule has 0 spiro atoms. The molecule has 1 fully saturated rings. The molecule has 17 heavy (non-hydrogen) atoms. The van der Waals surface area contributed by atoms with E-state index in [-0.39, 0.29) is 24.4 Å². The van der Waals surface area contributed by atoms with Gasteiger partial charge >= 0.3 is 6.18 Å². The SMILES string of the molecule is Cl.FC(F)(F)c1ccc(O[C@H]2CCNC2)nc1. The number of halogens is 4. The van der Waals surface area contributed by atoms with Gasteiger partial charge in [-0.3, -0.25) is 0 Å². The van der Waals surface area contributed by atoms with Crippen LogP contribution < -0.4 is 10.1 Å². The first-order valence-electron chi connectivity index (χ1n) is 4.96. The summed E-state index contributed by atoms with van der Waals surface area (Å²) in [5.41, 5.74) is -0.760. The second-order valence-electron chi connectivity index (χ2n) is 3.62. The average Bonchev–Trinajstić information content (AvgIpc) is 2.70. The molecule has 1 atom stereocenters. The van der Waals surface area contributed by atoms with E-state index in [0.717, 1.165) is 25.2 Å². The molecule has 0 amide bonds. The standard InChI is InChI=1S/C10H11F3N2O.ClH/c11-10(12,13)7-1-2-9(15-5-7)16-8-3-4-14-6-8;/h1-2,5,8,14H,3-4,6H2;1H/t8-;/m0./s1. The summed E-state index contributed by atoms with van der Waals surface area (Å²) in [6.07, 6.45) is -2.70. The Hall–Kier alpha value is -1.01. The zero-order valence-corrected chi connectivity index (χ0v) is 9.64. The number of ether oxygens (including phenoxy) is 1. The highest BCUT2D eigenvalue weighted by atomic mass is 35.5. The fraction of sp³-hybridized carbons (Fsp3) is 0.500. The lowest BCUT2D eigenvalue weighted by molar-refractivity contribution is -0.137. The molecule has 1 aromatic heterocycles. The maximum atomic E-state index is 12.2. The third-order valence-corrected chi connectivity index (χ3v) is 2.37. The van der Waals surface area contributed by atoms with Crippen molar-refractivity contribution in [2.45, 2.75) is 18.7 Å². The van der Waals surface area contributed by atoms with Gasteiger partial charge in [-0.25, -0.2) is 4.98 Å². The Bertz CT molecular complexity index is 350. The molecular formula is C10H12ClF3N2O. The summed E-state index contributed by atoms with van der Waals surface area (Å²) in [7, 11) is 0. The molecule has 1 saturated heterocycles. The molecule has 2 heterocycles. The van der Waals surface area contributed by atoms with Gasteiger partial charge in [-0.2, -0.15) is 13.2 Å². The van der Waals surface area contributed by atoms with Crippen LogP contribution in [0.4, 0.5) is 13.2 Å². The van der Waals surface area contributed by atoms with Crippen molar-refractivity contribution in [1.82, 2.24) is 10.3 Å². The van der Waals surface area contributed by atoms with E-state index in [0.29, 0.717) is 6.54 Å². The summed E-state index contributed by atoms with van der Waals surface area (Å²) in [5.74, 6) is 0.238. The van der Waals surface area contributed by atoms with Crippen LogP contribution in [0.3, 0.4) is 0 Å². The average molecular weight is 269 g/mol. The Morgan fingerprint density at radius 3 is 2.59 bits per heavy atom. The van der Waals surface area contributed by atoms with Crippen LogP contribution in [-0.4, -0.2) is 24.2 Å². The largest absolute Gasteiger partial charge is 0.473 e. The fourth-order valence-corrected chi connectivity index (χ4v) is 1.52. The molecule has 0 saturated carbocycles. The van der Waals surface area contributed by atoms with Gasteiger partial charge in [0.1, 0.15) is 6.10 Å². The van der Waals surface area contributed by atoms with Gasteiger partial charge in [-0.05, 0) is 19.0 Å². The van der Waals surface area contributed by atoms with Crippen molar-refractivity contribution in [3.05, 3.63) is 23.9 Å². The Labute approximate surface area is 103 Å². The first kappa shape index (κ1) is 14.1. The van der Waals surface area contributed by atoms with Crippen LogP contribution in [0.2, 0.25) is 0 Å². The minimum Gasteiger partial charge on any atom is -0.473 e. The molecule has 1 aliphatic heterocycles. The van der Waals surface area contributed by atoms with Gasteiger partial charge in [-0.15, -0.1) is 12.4 Å². The van der Waals surface area contributed by atoms with Gasteiger partial charge in [0.15, 0.2) is 0 Å². The highest BCUT2D eigenvalue weighted by Crippen LogP contribution is 2.29. The summed E-state index contributed by atoms with van der Waals surface area (Å²) in [5, 5.41) is 3.10. The van der Waals surface area contributed by atoms with Crippen molar-refractivity contribution in [3.8, 4) is 5.88 Å². The zero-order chi connectivity index (χ0) is 11.6. The normalized spacial score (nSPS) is 19.8. The number of aromatic nitrogens is 1. The number of hydrogen-bond donors (Lipinski definition) is 1. The maximum Gasteiger partial charge on any atom is 0.417 e. The van der Waals surface area contributed by atoms with Crippen LogP contribution in [0.1, 0.15) is 12.0 Å². The highest BCUT2D eigenvalue weighted by Gasteiger charge is 2.30. The predicted molar refractivity (Wildman–Crippen MR) is 58.4 cm³/mol. The van der Waals surface area contributed by atoms with Gasteiger partial charge in [0.25, 0.3) is 0 Å². The molecule has 96 valence electrons. The molecule has 2 rings (SSSR count). The lowest BCUT2D eigenvalue weighted by Gasteiger charge is -2.12. The third-order valence-electron chi connectivity index (χ3n) is 2.37. The Morgan fingerprint density at radius 2 is 2.12 bits per heavy atom. The van der Waals surface area contributed by atoms with E-state index < -0.39 is 11.7 Å². The van der Waals surface area contributed by atoms with E-state index in [2.05, 4.69) is 10.3 Å². The summed E-state index contributed by atoms with van der Waals surface area (Å²) in [4.78, 5) is 3.64. The molecule has 0 aliphatic carbocycles. The van der Waals surface area contributed by atoms with Crippen molar-refractivity contribution >= 4 is 12.4 Å². The van der Waals surface area contributed by atoms with Gasteiger partial charge in [0.2, 0.25) is 5.88 Å². The van der Waals surface area contributed by atoms with E-state index >= 15 is 0 Å². The van der Waals surface area contributed by atoms with E-state index in [1.54, 1.807) is 0 Å². The lowest BCUT2D eigenvalue weighted by atomic mass is 10.3. The number of hydrogen-bond acceptors (Lipinski definition) is 3. The number of rotatable bonds is 2. The molecule has 0 radical (unpaired) electrons. The summed E-state index contributed by atoms with van der Waals surface area (Å²) < 4.78 is 42.1. The lowest BCUT2D eigenvalue weighted by Crippen LogP contribution is -2.20. The van der Waals surface area contributed by atoms with E-state index in [9.17, 15) is 13.2 Å². The van der Waals surface area contributed by atoms with Crippen LogP contribution in [-0.2, 0) is 6.18 Å². The van der Waals surface area contributed by atoms with Crippen molar-refractivity contribution in [1.29, 1.82) is 0 Å². The van der Waals surface area contributed by atoms with Gasteiger partial charge in [-0.1, -0.05) is 0 Å². The highest BCUT2D eigenvalue weighted by molar-refractivity contribution is 5.85. The van der Waals surface area contributed by atoms with Gasteiger partial charge < -0.3 is 10.1 Å². The molecule has 0 aromatic carbocycles. The Morgan fingerprint density at radius 1 is 1.35 bits per heavy atom. The first-order valence-corrected chi connectivity index (χ1v) is 4.96. The van der Waals surface area contributed by atoms with Crippen molar-refractivity contribution in [3.63, 3.8) is 0 Å². The van der Waals surface area contributed by atoms with Crippen LogP contribution in [0.5, 0.6) is 5.88 Å². The third kappa shape index (κ3) is 3.74. The number of nitrogens with zero attached hydrogens (tertiary/aromatic N) is 1. The van der Waals surface area contributed by atoms with Gasteiger partial charge in [0.05, 0.1) is 5.56 Å². The number of nitrogens with one attached hydrogen (secondary N) is 1. The zero-order valence-electron chi connectivity index (χ0n) is 8.83. The van der Waals surface area contributed by atoms with E-state index in [1.807, 2.05) is 0 Å². The first-order chi connectivity index (χ1) is 7.55. The van der Waals surface area contributed by atoms with Crippen LogP contribution in [0, 0.1) is 0 Å². The molecule has 0 unspecified atom stereocenters. The van der Waals surface area contributed by atoms with Crippen LogP contribution in [0.15, 0.2) is 18.3 Å². The molecule has 1 aromatic rings. The molecule has 1 aliphatic rings. The quantitative estimate of drug-likeness (QED) is 0.893. The molecule has 7 heteroatoms. The van der Waals surface area contributed by atoms with Crippen LogP contribution >= 0.6 is 12.4 Å². The Kier molecular flexibility index (Phi) is 4.59. The fourth-order valence-electron chi connectivity index (χ4n) is 1.52.